The predicted molar refractivity (Wildman–Crippen MR) is 102 cm³/mol. The Bertz CT molecular complexity index is 438. The van der Waals surface area contributed by atoms with Crippen molar-refractivity contribution in [3.05, 3.63) is 0 Å². The van der Waals surface area contributed by atoms with Gasteiger partial charge in [0.05, 0.1) is 94.8 Å². The first kappa shape index (κ1) is 32.8. The van der Waals surface area contributed by atoms with Crippen LogP contribution in [0.15, 0.2) is 0 Å². The first-order valence-corrected chi connectivity index (χ1v) is 11.1. The molecule has 0 saturated carbocycles. The number of hydrogen-bond donors (Lipinski definition) is 3. The van der Waals surface area contributed by atoms with E-state index >= 15 is 0 Å². The summed E-state index contributed by atoms with van der Waals surface area (Å²) in [5.41, 5.74) is -0.692. The molecule has 176 valence electrons. The Balaban J connectivity index is 0. The van der Waals surface area contributed by atoms with E-state index in [9.17, 15) is 13.0 Å². The summed E-state index contributed by atoms with van der Waals surface area (Å²) >= 11 is 0. The fourth-order valence-electron chi connectivity index (χ4n) is 2.30. The Hall–Kier alpha value is 0.590. The average molecular weight is 471 g/mol. The normalized spacial score (nSPS) is 12.1. The van der Waals surface area contributed by atoms with E-state index in [-0.39, 0.29) is 115 Å². The summed E-state index contributed by atoms with van der Waals surface area (Å²) < 4.78 is 58.8. The monoisotopic (exact) mass is 470 g/mol. The van der Waals surface area contributed by atoms with Crippen LogP contribution in [-0.2, 0) is 33.8 Å². The van der Waals surface area contributed by atoms with Crippen LogP contribution in [0.5, 0.6) is 0 Å². The van der Waals surface area contributed by atoms with Crippen LogP contribution in [0.2, 0.25) is 0 Å². The number of aliphatic hydroxyl groups is 3. The van der Waals surface area contributed by atoms with E-state index in [1.54, 1.807) is 0 Å². The van der Waals surface area contributed by atoms with Crippen LogP contribution >= 0.6 is 0 Å². The van der Waals surface area contributed by atoms with Gasteiger partial charge in [0.15, 0.2) is 0 Å². The fourth-order valence-corrected chi connectivity index (χ4v) is 2.86. The molecule has 0 aromatic heterocycles. The molecule has 0 aliphatic rings. The minimum atomic E-state index is -4.18. The smallest absolute Gasteiger partial charge is 0.748 e. The maximum absolute atomic E-state index is 10.5. The van der Waals surface area contributed by atoms with Crippen molar-refractivity contribution in [1.82, 2.24) is 0 Å². The largest absolute Gasteiger partial charge is 1.00 e. The maximum atomic E-state index is 10.5. The third-order valence-corrected chi connectivity index (χ3v) is 4.43. The Morgan fingerprint density at radius 2 is 1.03 bits per heavy atom. The van der Waals surface area contributed by atoms with Gasteiger partial charge in [-0.3, -0.25) is 0 Å². The molecular weight excluding hydrogens is 435 g/mol. The van der Waals surface area contributed by atoms with Gasteiger partial charge < -0.3 is 43.6 Å². The summed E-state index contributed by atoms with van der Waals surface area (Å²) in [6.07, 6.45) is 0.715. The van der Waals surface area contributed by atoms with Crippen molar-refractivity contribution in [3.8, 4) is 0 Å². The minimum Gasteiger partial charge on any atom is -0.748 e. The second kappa shape index (κ2) is 21.4. The van der Waals surface area contributed by atoms with Gasteiger partial charge in [0.1, 0.15) is 0 Å². The zero-order valence-corrected chi connectivity index (χ0v) is 20.6. The van der Waals surface area contributed by atoms with Gasteiger partial charge >= 0.3 is 29.6 Å². The molecule has 3 N–H and O–H groups in total. The van der Waals surface area contributed by atoms with Crippen molar-refractivity contribution >= 4 is 10.1 Å². The van der Waals surface area contributed by atoms with Gasteiger partial charge in [-0.2, -0.15) is 0 Å². The van der Waals surface area contributed by atoms with Crippen LogP contribution in [-0.4, -0.2) is 120 Å². The average Bonchev–Trinajstić information content (AvgIpc) is 2.66. The van der Waals surface area contributed by atoms with E-state index in [1.807, 2.05) is 0 Å². The zero-order valence-electron chi connectivity index (χ0n) is 17.8. The van der Waals surface area contributed by atoms with Gasteiger partial charge in [0, 0.05) is 12.4 Å². The third-order valence-electron chi connectivity index (χ3n) is 3.64. The van der Waals surface area contributed by atoms with E-state index in [4.69, 9.17) is 39.0 Å². The number of rotatable bonds is 22. The van der Waals surface area contributed by atoms with Crippen LogP contribution in [0.4, 0.5) is 0 Å². The molecule has 13 heteroatoms. The van der Waals surface area contributed by atoms with Gasteiger partial charge in [0.25, 0.3) is 0 Å². The van der Waals surface area contributed by atoms with Crippen molar-refractivity contribution in [3.63, 3.8) is 0 Å². The Morgan fingerprint density at radius 3 is 1.43 bits per heavy atom. The molecule has 0 amide bonds. The summed E-state index contributed by atoms with van der Waals surface area (Å²) in [7, 11) is -4.18. The molecule has 0 saturated heterocycles. The molecule has 0 radical (unpaired) electrons. The Kier molecular flexibility index (Phi) is 23.4. The van der Waals surface area contributed by atoms with Crippen molar-refractivity contribution < 1.29 is 81.5 Å². The van der Waals surface area contributed by atoms with Crippen LogP contribution in [0.25, 0.3) is 0 Å². The molecular formula is C17H35NaO11S. The number of ether oxygens (including phenoxy) is 5. The Labute approximate surface area is 201 Å². The van der Waals surface area contributed by atoms with Crippen molar-refractivity contribution in [2.45, 2.75) is 12.8 Å². The summed E-state index contributed by atoms with van der Waals surface area (Å²) in [6, 6.07) is 0. The molecule has 0 unspecified atom stereocenters. The molecule has 0 aromatic carbocycles. The maximum Gasteiger partial charge on any atom is 1.00 e. The van der Waals surface area contributed by atoms with Gasteiger partial charge in [-0.05, 0) is 12.8 Å². The van der Waals surface area contributed by atoms with Crippen molar-refractivity contribution in [2.24, 2.45) is 5.41 Å². The summed E-state index contributed by atoms with van der Waals surface area (Å²) in [5, 5.41) is 26.8. The molecule has 0 atom stereocenters. The first-order valence-electron chi connectivity index (χ1n) is 9.54. The molecule has 30 heavy (non-hydrogen) atoms. The van der Waals surface area contributed by atoms with E-state index in [2.05, 4.69) is 0 Å². The topological polar surface area (TPSA) is 164 Å². The number of hydrogen-bond acceptors (Lipinski definition) is 11. The van der Waals surface area contributed by atoms with Crippen molar-refractivity contribution in [1.29, 1.82) is 0 Å². The van der Waals surface area contributed by atoms with Crippen LogP contribution in [0.1, 0.15) is 12.8 Å². The van der Waals surface area contributed by atoms with Crippen LogP contribution in [0, 0.1) is 5.41 Å². The number of aliphatic hydroxyl groups excluding tert-OH is 3. The molecule has 0 fully saturated rings. The fraction of sp³-hybridized carbons (Fsp3) is 1.00. The van der Waals surface area contributed by atoms with Crippen molar-refractivity contribution in [2.75, 3.05) is 91.6 Å². The third kappa shape index (κ3) is 20.5. The quantitative estimate of drug-likeness (QED) is 0.0792. The summed E-state index contributed by atoms with van der Waals surface area (Å²) in [4.78, 5) is 0. The molecule has 0 spiro atoms. The molecule has 0 bridgehead atoms. The van der Waals surface area contributed by atoms with Crippen LogP contribution < -0.4 is 29.6 Å². The van der Waals surface area contributed by atoms with E-state index in [1.165, 1.54) is 0 Å². The van der Waals surface area contributed by atoms with E-state index < -0.39 is 21.3 Å². The zero-order chi connectivity index (χ0) is 21.8. The summed E-state index contributed by atoms with van der Waals surface area (Å²) in [6.45, 7) is 1.68. The van der Waals surface area contributed by atoms with Gasteiger partial charge in [-0.1, -0.05) is 0 Å². The molecule has 0 aliphatic heterocycles. The number of unbranched alkanes of at least 4 members (excludes halogenated alkanes) is 1. The SMILES string of the molecule is O=S(=O)([O-])CCCCOCCOCC(COCCO)(COCCO)COCCO.[Na+]. The second-order valence-electron chi connectivity index (χ2n) is 6.46. The minimum absolute atomic E-state index is 0. The molecule has 0 aromatic rings. The van der Waals surface area contributed by atoms with Crippen LogP contribution in [0.3, 0.4) is 0 Å². The van der Waals surface area contributed by atoms with Gasteiger partial charge in [0.2, 0.25) is 0 Å². The molecule has 0 heterocycles. The summed E-state index contributed by atoms with van der Waals surface area (Å²) in [5.74, 6) is -0.398. The first-order chi connectivity index (χ1) is 13.9. The molecule has 0 aliphatic carbocycles. The standard InChI is InChI=1S/C17H36O11S.Na/c18-3-7-25-13-17(14-26-8-4-19,15-27-9-5-20)16-28-11-10-24-6-1-2-12-29(21,22)23;/h18-20H,1-16H2,(H,21,22,23);/q;+1/p-1. The van der Waals surface area contributed by atoms with Gasteiger partial charge in [-0.25, -0.2) is 8.42 Å². The van der Waals surface area contributed by atoms with E-state index in [0.29, 0.717) is 13.0 Å². The molecule has 0 rings (SSSR count). The predicted octanol–water partition coefficient (Wildman–Crippen LogP) is -4.64. The molecule has 11 nitrogen and oxygen atoms in total. The Morgan fingerprint density at radius 1 is 0.633 bits per heavy atom. The van der Waals surface area contributed by atoms with E-state index in [0.717, 1.165) is 0 Å². The second-order valence-corrected chi connectivity index (χ2v) is 7.99. The van der Waals surface area contributed by atoms with Gasteiger partial charge in [-0.15, -0.1) is 0 Å².